The van der Waals surface area contributed by atoms with Crippen molar-refractivity contribution in [2.45, 2.75) is 504 Å². The summed E-state index contributed by atoms with van der Waals surface area (Å²) in [5.41, 5.74) is 0. The molecule has 25 nitrogen and oxygen atoms in total. The number of esters is 4. The molecule has 2 saturated heterocycles. The molecule has 0 aromatic rings. The Morgan fingerprint density at radius 1 is 0.333 bits per heavy atom. The highest BCUT2D eigenvalue weighted by atomic mass is 31.2. The van der Waals surface area contributed by atoms with Crippen molar-refractivity contribution in [1.29, 1.82) is 0 Å². The standard InChI is InChI=1S/C91H167O25P/c1-5-9-13-17-21-25-29-33-36-40-43-47-51-55-59-63-74(93)107-68-71(110-76(95)65-61-57-53-49-46-42-38-35-31-27-23-19-15-11-7-3)69-109-117(105,106)116-89-87(114-90-84(103)80(99)78(97)72(67-92)111-90)83(102)82(101)86(113-77(96)66-62-58-54-50-45-39-32-28-24-20-16-12-8-4)88(89)115-91-85(104)81(100)79(98)73(112-91)70-108-75(94)64-60-56-52-48-44-41-37-34-30-26-22-18-14-10-6-2/h27,31,39,45,71-73,78-92,97-104H,5-26,28-30,32-38,40-44,46-70H2,1-4H3,(H,105,106)/b31-27-,45-39-. The van der Waals surface area contributed by atoms with Crippen LogP contribution >= 0.6 is 7.82 Å². The van der Waals surface area contributed by atoms with Gasteiger partial charge in [0.1, 0.15) is 92.6 Å². The minimum Gasteiger partial charge on any atom is -0.463 e. The molecule has 2 heterocycles. The van der Waals surface area contributed by atoms with Crippen LogP contribution in [0.4, 0.5) is 0 Å². The zero-order valence-electron chi connectivity index (χ0n) is 73.0. The second-order valence-electron chi connectivity index (χ2n) is 33.5. The Bertz CT molecular complexity index is 2530. The van der Waals surface area contributed by atoms with Gasteiger partial charge in [-0.3, -0.25) is 28.2 Å². The Balaban J connectivity index is 1.91. The first kappa shape index (κ1) is 108. The summed E-state index contributed by atoms with van der Waals surface area (Å²) in [6.45, 7) is 5.58. The van der Waals surface area contributed by atoms with E-state index in [1.165, 1.54) is 167 Å². The lowest BCUT2D eigenvalue weighted by atomic mass is 9.84. The first-order valence-electron chi connectivity index (χ1n) is 47.1. The number of aliphatic hydroxyl groups is 9. The van der Waals surface area contributed by atoms with E-state index in [9.17, 15) is 74.6 Å². The van der Waals surface area contributed by atoms with Gasteiger partial charge in [-0.1, -0.05) is 322 Å². The lowest BCUT2D eigenvalue weighted by molar-refractivity contribution is -0.360. The molecule has 0 aromatic carbocycles. The first-order valence-corrected chi connectivity index (χ1v) is 48.6. The lowest BCUT2D eigenvalue weighted by Gasteiger charge is -2.50. The average molecular weight is 1690 g/mol. The van der Waals surface area contributed by atoms with Gasteiger partial charge in [-0.05, 0) is 77.0 Å². The maximum atomic E-state index is 14.9. The molecule has 0 bridgehead atoms. The molecule has 686 valence electrons. The molecular weight excluding hydrogens is 1520 g/mol. The van der Waals surface area contributed by atoms with Crippen LogP contribution in [0.15, 0.2) is 24.3 Å². The average Bonchev–Trinajstić information content (AvgIpc) is 0.754. The van der Waals surface area contributed by atoms with E-state index >= 15 is 0 Å². The fraction of sp³-hybridized carbons (Fsp3) is 0.912. The summed E-state index contributed by atoms with van der Waals surface area (Å²) in [6.07, 6.45) is 30.3. The van der Waals surface area contributed by atoms with E-state index in [0.717, 1.165) is 135 Å². The monoisotopic (exact) mass is 1690 g/mol. The summed E-state index contributed by atoms with van der Waals surface area (Å²) < 4.78 is 73.4. The summed E-state index contributed by atoms with van der Waals surface area (Å²) in [4.78, 5) is 66.4. The fourth-order valence-corrected chi connectivity index (χ4v) is 16.4. The van der Waals surface area contributed by atoms with Crippen LogP contribution in [0, 0.1) is 0 Å². The molecule has 1 aliphatic carbocycles. The molecule has 18 unspecified atom stereocenters. The van der Waals surface area contributed by atoms with E-state index in [1.807, 2.05) is 0 Å². The number of aliphatic hydroxyl groups excluding tert-OH is 9. The number of phosphoric acid groups is 1. The number of ether oxygens (including phenoxy) is 8. The topological polar surface area (TPSA) is 380 Å². The highest BCUT2D eigenvalue weighted by molar-refractivity contribution is 7.47. The molecule has 3 fully saturated rings. The molecule has 0 aromatic heterocycles. The normalized spacial score (nSPS) is 25.1. The maximum Gasteiger partial charge on any atom is 0.472 e. The van der Waals surface area contributed by atoms with Gasteiger partial charge in [0.25, 0.3) is 0 Å². The number of unbranched alkanes of at least 4 members (excludes halogenated alkanes) is 48. The second-order valence-corrected chi connectivity index (χ2v) is 34.9. The largest absolute Gasteiger partial charge is 0.472 e. The summed E-state index contributed by atoms with van der Waals surface area (Å²) in [7, 11) is -5.81. The first-order chi connectivity index (χ1) is 56.7. The fourth-order valence-electron chi connectivity index (χ4n) is 15.4. The Hall–Kier alpha value is -3.05. The predicted octanol–water partition coefficient (Wildman–Crippen LogP) is 17.3. The number of phosphoric ester groups is 1. The Morgan fingerprint density at radius 3 is 1.03 bits per heavy atom. The summed E-state index contributed by atoms with van der Waals surface area (Å²) >= 11 is 0. The van der Waals surface area contributed by atoms with Crippen molar-refractivity contribution in [2.75, 3.05) is 26.4 Å². The van der Waals surface area contributed by atoms with Gasteiger partial charge in [0.2, 0.25) is 0 Å². The molecule has 2 aliphatic heterocycles. The number of allylic oxidation sites excluding steroid dienone is 4. The van der Waals surface area contributed by atoms with Gasteiger partial charge in [-0.15, -0.1) is 0 Å². The molecule has 10 N–H and O–H groups in total. The third-order valence-electron chi connectivity index (χ3n) is 22.9. The van der Waals surface area contributed by atoms with Gasteiger partial charge in [-0.2, -0.15) is 0 Å². The SMILES string of the molecule is CCCCCC/C=C\CCCCCCCCCC(=O)OC(COC(=O)CCCCCCCCCCCCCCCCC)COP(=O)(O)OC1C(OC2OC(CO)C(O)C(O)C2O)C(O)C(O)C(OC(=O)CCCCC/C=C\CCCCCCCC)C1OC1OC(COC(=O)CCCCCCCCCCCCCCCCC)C(O)C(O)C1O. The molecule has 26 heteroatoms. The molecule has 3 rings (SSSR count). The van der Waals surface area contributed by atoms with Crippen LogP contribution in [0.2, 0.25) is 0 Å². The smallest absolute Gasteiger partial charge is 0.463 e. The predicted molar refractivity (Wildman–Crippen MR) is 453 cm³/mol. The molecule has 117 heavy (non-hydrogen) atoms. The van der Waals surface area contributed by atoms with E-state index in [4.69, 9.17) is 46.9 Å². The molecule has 3 aliphatic rings. The number of hydrogen-bond donors (Lipinski definition) is 10. The van der Waals surface area contributed by atoms with Gasteiger partial charge < -0.3 is 88.7 Å². The molecule has 0 spiro atoms. The van der Waals surface area contributed by atoms with E-state index < -0.39 is 162 Å². The number of hydrogen-bond acceptors (Lipinski definition) is 24. The second kappa shape index (κ2) is 70.3. The third-order valence-corrected chi connectivity index (χ3v) is 23.9. The molecular formula is C91H167O25P. The van der Waals surface area contributed by atoms with Gasteiger partial charge >= 0.3 is 31.7 Å². The van der Waals surface area contributed by atoms with E-state index in [2.05, 4.69) is 52.0 Å². The van der Waals surface area contributed by atoms with Gasteiger partial charge in [0, 0.05) is 25.7 Å². The summed E-state index contributed by atoms with van der Waals surface area (Å²) in [5, 5.41) is 102. The molecule has 0 amide bonds. The summed E-state index contributed by atoms with van der Waals surface area (Å²) in [5.74, 6) is -2.98. The number of rotatable bonds is 76. The van der Waals surface area contributed by atoms with Crippen molar-refractivity contribution in [2.24, 2.45) is 0 Å². The van der Waals surface area contributed by atoms with Crippen LogP contribution in [0.25, 0.3) is 0 Å². The van der Waals surface area contributed by atoms with Crippen molar-refractivity contribution < 1.29 is 122 Å². The minimum atomic E-state index is -5.81. The van der Waals surface area contributed by atoms with E-state index in [1.54, 1.807) is 0 Å². The highest BCUT2D eigenvalue weighted by Crippen LogP contribution is 2.49. The molecule has 0 radical (unpaired) electrons. The van der Waals surface area contributed by atoms with Gasteiger partial charge in [-0.25, -0.2) is 4.57 Å². The Kier molecular flexibility index (Phi) is 64.9. The van der Waals surface area contributed by atoms with E-state index in [-0.39, 0.29) is 32.1 Å². The highest BCUT2D eigenvalue weighted by Gasteiger charge is 2.60. The Morgan fingerprint density at radius 2 is 0.641 bits per heavy atom. The van der Waals surface area contributed by atoms with Crippen LogP contribution in [0.5, 0.6) is 0 Å². The molecule has 1 saturated carbocycles. The van der Waals surface area contributed by atoms with Gasteiger partial charge in [0.05, 0.1) is 13.2 Å². The van der Waals surface area contributed by atoms with Gasteiger partial charge in [0.15, 0.2) is 24.8 Å². The van der Waals surface area contributed by atoms with Crippen LogP contribution < -0.4 is 0 Å². The Labute approximate surface area is 704 Å². The van der Waals surface area contributed by atoms with Crippen LogP contribution in [0.1, 0.15) is 400 Å². The van der Waals surface area contributed by atoms with Crippen molar-refractivity contribution in [3.63, 3.8) is 0 Å². The molecule has 18 atom stereocenters. The third kappa shape index (κ3) is 50.5. The van der Waals surface area contributed by atoms with Crippen LogP contribution in [0.3, 0.4) is 0 Å². The summed E-state index contributed by atoms with van der Waals surface area (Å²) in [6, 6.07) is 0. The van der Waals surface area contributed by atoms with Crippen molar-refractivity contribution >= 4 is 31.7 Å². The zero-order chi connectivity index (χ0) is 85.4. The number of carbonyl (C=O) groups excluding carboxylic acids is 4. The quantitative estimate of drug-likeness (QED) is 0.00889. The number of carbonyl (C=O) groups is 4. The van der Waals surface area contributed by atoms with E-state index in [0.29, 0.717) is 38.5 Å². The van der Waals surface area contributed by atoms with Crippen molar-refractivity contribution in [3.05, 3.63) is 24.3 Å². The zero-order valence-corrected chi connectivity index (χ0v) is 73.9. The van der Waals surface area contributed by atoms with Crippen molar-refractivity contribution in [3.8, 4) is 0 Å². The van der Waals surface area contributed by atoms with Crippen LogP contribution in [-0.2, 0) is 70.7 Å². The van der Waals surface area contributed by atoms with Crippen molar-refractivity contribution in [1.82, 2.24) is 0 Å². The lowest BCUT2D eigenvalue weighted by Crippen LogP contribution is -2.70. The van der Waals surface area contributed by atoms with Crippen LogP contribution in [-0.4, -0.2) is 205 Å². The minimum absolute atomic E-state index is 0.0160. The maximum absolute atomic E-state index is 14.9.